The van der Waals surface area contributed by atoms with Crippen LogP contribution in [0, 0.1) is 0 Å². The first kappa shape index (κ1) is 16.3. The Morgan fingerprint density at radius 3 is 2.19 bits per heavy atom. The summed E-state index contributed by atoms with van der Waals surface area (Å²) in [5.41, 5.74) is -0.371. The van der Waals surface area contributed by atoms with Gasteiger partial charge < -0.3 is 4.74 Å². The average molecular weight is 356 g/mol. The maximum Gasteiger partial charge on any atom is 0.416 e. The molecule has 0 saturated carbocycles. The molecule has 0 bridgehead atoms. The number of hydrogen-bond acceptors (Lipinski definition) is 1. The summed E-state index contributed by atoms with van der Waals surface area (Å²) in [6.45, 7) is 0. The van der Waals surface area contributed by atoms with Gasteiger partial charge in [-0.15, -0.1) is 0 Å². The summed E-state index contributed by atoms with van der Waals surface area (Å²) in [6.07, 6.45) is -4.48. The van der Waals surface area contributed by atoms with Crippen molar-refractivity contribution in [1.82, 2.24) is 0 Å². The zero-order valence-electron chi connectivity index (χ0n) is 10.6. The molecule has 2 aromatic carbocycles. The van der Waals surface area contributed by atoms with Gasteiger partial charge in [0, 0.05) is 16.1 Å². The molecule has 0 heterocycles. The van der Waals surface area contributed by atoms with Crippen LogP contribution in [0.1, 0.15) is 5.56 Å². The van der Waals surface area contributed by atoms with E-state index in [-0.39, 0.29) is 31.9 Å². The molecule has 7 heteroatoms. The van der Waals surface area contributed by atoms with Gasteiger partial charge in [0.2, 0.25) is 0 Å². The lowest BCUT2D eigenvalue weighted by atomic mass is 10.0. The number of methoxy groups -OCH3 is 1. The second kappa shape index (κ2) is 5.95. The molecule has 0 aliphatic heterocycles. The molecule has 2 aromatic rings. The fourth-order valence-corrected chi connectivity index (χ4v) is 2.55. The fourth-order valence-electron chi connectivity index (χ4n) is 1.85. The van der Waals surface area contributed by atoms with Gasteiger partial charge in [0.05, 0.1) is 22.7 Å². The quantitative estimate of drug-likeness (QED) is 0.571. The van der Waals surface area contributed by atoms with Crippen molar-refractivity contribution in [2.45, 2.75) is 6.18 Å². The highest BCUT2D eigenvalue weighted by Crippen LogP contribution is 2.42. The van der Waals surface area contributed by atoms with Crippen molar-refractivity contribution < 1.29 is 17.9 Å². The van der Waals surface area contributed by atoms with Crippen LogP contribution in [0.5, 0.6) is 5.75 Å². The van der Waals surface area contributed by atoms with E-state index in [4.69, 9.17) is 39.5 Å². The molecular formula is C14H8Cl3F3O. The molecule has 0 unspecified atom stereocenters. The topological polar surface area (TPSA) is 9.23 Å². The lowest BCUT2D eigenvalue weighted by molar-refractivity contribution is -0.137. The van der Waals surface area contributed by atoms with E-state index in [1.807, 2.05) is 0 Å². The predicted molar refractivity (Wildman–Crippen MR) is 78.5 cm³/mol. The van der Waals surface area contributed by atoms with Gasteiger partial charge in [0.25, 0.3) is 0 Å². The van der Waals surface area contributed by atoms with E-state index in [2.05, 4.69) is 0 Å². The van der Waals surface area contributed by atoms with Gasteiger partial charge in [-0.1, -0.05) is 34.8 Å². The number of alkyl halides is 3. The smallest absolute Gasteiger partial charge is 0.416 e. The summed E-state index contributed by atoms with van der Waals surface area (Å²) in [4.78, 5) is 0. The van der Waals surface area contributed by atoms with Crippen LogP contribution in [0.4, 0.5) is 13.2 Å². The van der Waals surface area contributed by atoms with Gasteiger partial charge in [-0.25, -0.2) is 0 Å². The summed E-state index contributed by atoms with van der Waals surface area (Å²) in [6, 6.07) is 5.96. The Labute approximate surface area is 134 Å². The van der Waals surface area contributed by atoms with Crippen molar-refractivity contribution in [3.8, 4) is 16.9 Å². The van der Waals surface area contributed by atoms with E-state index in [1.165, 1.54) is 25.3 Å². The lowest BCUT2D eigenvalue weighted by Gasteiger charge is -2.14. The summed E-state index contributed by atoms with van der Waals surface area (Å²) < 4.78 is 43.6. The number of halogens is 6. The summed E-state index contributed by atoms with van der Waals surface area (Å²) in [7, 11) is 1.35. The molecule has 2 rings (SSSR count). The molecule has 0 spiro atoms. The van der Waals surface area contributed by atoms with Crippen molar-refractivity contribution >= 4 is 34.8 Å². The van der Waals surface area contributed by atoms with E-state index < -0.39 is 11.7 Å². The molecule has 0 aliphatic rings. The van der Waals surface area contributed by atoms with Gasteiger partial charge in [-0.05, 0) is 30.3 Å². The Morgan fingerprint density at radius 1 is 0.952 bits per heavy atom. The largest absolute Gasteiger partial charge is 0.496 e. The second-order valence-corrected chi connectivity index (χ2v) is 5.38. The summed E-state index contributed by atoms with van der Waals surface area (Å²) >= 11 is 17.9. The fraction of sp³-hybridized carbons (Fsp3) is 0.143. The van der Waals surface area contributed by atoms with Crippen molar-refractivity contribution in [1.29, 1.82) is 0 Å². The zero-order valence-corrected chi connectivity index (χ0v) is 12.8. The van der Waals surface area contributed by atoms with E-state index in [0.717, 1.165) is 12.1 Å². The van der Waals surface area contributed by atoms with Gasteiger partial charge in [-0.2, -0.15) is 13.2 Å². The number of rotatable bonds is 2. The van der Waals surface area contributed by atoms with Crippen LogP contribution in [0.15, 0.2) is 30.3 Å². The predicted octanol–water partition coefficient (Wildman–Crippen LogP) is 6.34. The Balaban J connectivity index is 2.73. The van der Waals surface area contributed by atoms with Gasteiger partial charge >= 0.3 is 6.18 Å². The summed E-state index contributed by atoms with van der Waals surface area (Å²) in [5.74, 6) is 0.239. The van der Waals surface area contributed by atoms with Crippen LogP contribution >= 0.6 is 34.8 Å². The van der Waals surface area contributed by atoms with Gasteiger partial charge in [0.15, 0.2) is 0 Å². The molecule has 0 saturated heterocycles. The van der Waals surface area contributed by atoms with Gasteiger partial charge in [-0.3, -0.25) is 0 Å². The standard InChI is InChI=1S/C14H8Cl3F3O/c1-21-12-3-2-7(14(18,19)20)4-9(12)10-5-8(15)6-11(16)13(10)17/h2-6H,1H3. The molecular weight excluding hydrogens is 348 g/mol. The molecule has 0 amide bonds. The normalized spacial score (nSPS) is 11.6. The molecule has 0 radical (unpaired) electrons. The Morgan fingerprint density at radius 2 is 1.62 bits per heavy atom. The third kappa shape index (κ3) is 3.39. The number of ether oxygens (including phenoxy) is 1. The Hall–Kier alpha value is -1.10. The first-order valence-electron chi connectivity index (χ1n) is 5.64. The maximum absolute atomic E-state index is 12.9. The Bertz CT molecular complexity index is 684. The lowest BCUT2D eigenvalue weighted by Crippen LogP contribution is -2.05. The van der Waals surface area contributed by atoms with Crippen LogP contribution in [-0.2, 0) is 6.18 Å². The first-order chi connectivity index (χ1) is 9.74. The van der Waals surface area contributed by atoms with E-state index in [0.29, 0.717) is 0 Å². The molecule has 0 fully saturated rings. The zero-order chi connectivity index (χ0) is 15.8. The van der Waals surface area contributed by atoms with Crippen LogP contribution in [0.3, 0.4) is 0 Å². The van der Waals surface area contributed by atoms with Crippen LogP contribution in [0.2, 0.25) is 15.1 Å². The maximum atomic E-state index is 12.9. The highest BCUT2D eigenvalue weighted by atomic mass is 35.5. The molecule has 21 heavy (non-hydrogen) atoms. The number of hydrogen-bond donors (Lipinski definition) is 0. The molecule has 112 valence electrons. The van der Waals surface area contributed by atoms with Crippen molar-refractivity contribution in [3.63, 3.8) is 0 Å². The average Bonchev–Trinajstić information content (AvgIpc) is 2.41. The molecule has 0 aromatic heterocycles. The summed E-state index contributed by atoms with van der Waals surface area (Å²) in [5, 5.41) is 0.524. The van der Waals surface area contributed by atoms with Crippen molar-refractivity contribution in [2.24, 2.45) is 0 Å². The first-order valence-corrected chi connectivity index (χ1v) is 6.77. The van der Waals surface area contributed by atoms with Gasteiger partial charge in [0.1, 0.15) is 5.75 Å². The minimum absolute atomic E-state index is 0.110. The van der Waals surface area contributed by atoms with Crippen LogP contribution in [-0.4, -0.2) is 7.11 Å². The number of benzene rings is 2. The van der Waals surface area contributed by atoms with E-state index in [9.17, 15) is 13.2 Å². The molecule has 0 atom stereocenters. The SMILES string of the molecule is COc1ccc(C(F)(F)F)cc1-c1cc(Cl)cc(Cl)c1Cl. The molecule has 0 N–H and O–H groups in total. The molecule has 0 aliphatic carbocycles. The second-order valence-electron chi connectivity index (χ2n) is 4.16. The Kier molecular flexibility index (Phi) is 4.61. The monoisotopic (exact) mass is 354 g/mol. The van der Waals surface area contributed by atoms with Crippen LogP contribution < -0.4 is 4.74 Å². The van der Waals surface area contributed by atoms with E-state index >= 15 is 0 Å². The van der Waals surface area contributed by atoms with Crippen molar-refractivity contribution in [2.75, 3.05) is 7.11 Å². The van der Waals surface area contributed by atoms with Crippen molar-refractivity contribution in [3.05, 3.63) is 51.0 Å². The molecule has 1 nitrogen and oxygen atoms in total. The third-order valence-electron chi connectivity index (χ3n) is 2.81. The third-order valence-corrected chi connectivity index (χ3v) is 3.83. The highest BCUT2D eigenvalue weighted by Gasteiger charge is 2.31. The van der Waals surface area contributed by atoms with E-state index in [1.54, 1.807) is 0 Å². The minimum atomic E-state index is -4.48. The minimum Gasteiger partial charge on any atom is -0.496 e. The highest BCUT2D eigenvalue weighted by molar-refractivity contribution is 6.45. The van der Waals surface area contributed by atoms with Crippen LogP contribution in [0.25, 0.3) is 11.1 Å².